The molecular formula is C15H15Cl2NO. The van der Waals surface area contributed by atoms with Gasteiger partial charge in [0.25, 0.3) is 0 Å². The Balaban J connectivity index is 2.19. The Morgan fingerprint density at radius 2 is 1.89 bits per heavy atom. The summed E-state index contributed by atoms with van der Waals surface area (Å²) < 4.78 is 5.86. The van der Waals surface area contributed by atoms with Crippen molar-refractivity contribution in [3.8, 4) is 5.75 Å². The molecule has 2 aromatic rings. The highest BCUT2D eigenvalue weighted by molar-refractivity contribution is 6.35. The van der Waals surface area contributed by atoms with Crippen molar-refractivity contribution in [2.24, 2.45) is 5.73 Å². The van der Waals surface area contributed by atoms with E-state index in [4.69, 9.17) is 33.7 Å². The Hall–Kier alpha value is -1.22. The number of nitrogens with two attached hydrogens (primary N) is 1. The quantitative estimate of drug-likeness (QED) is 0.911. The van der Waals surface area contributed by atoms with Crippen LogP contribution in [0.4, 0.5) is 0 Å². The van der Waals surface area contributed by atoms with Crippen LogP contribution in [0.2, 0.25) is 10.0 Å². The first-order valence-corrected chi connectivity index (χ1v) is 6.72. The van der Waals surface area contributed by atoms with Crippen LogP contribution in [-0.4, -0.2) is 0 Å². The normalized spacial score (nSPS) is 10.5. The minimum absolute atomic E-state index is 0.397. The van der Waals surface area contributed by atoms with E-state index in [-0.39, 0.29) is 0 Å². The van der Waals surface area contributed by atoms with Crippen LogP contribution in [0.5, 0.6) is 5.75 Å². The number of para-hydroxylation sites is 1. The highest BCUT2D eigenvalue weighted by Crippen LogP contribution is 2.26. The SMILES string of the molecule is Cc1cccc(CN)c1OCc1ccc(Cl)cc1Cl. The Morgan fingerprint density at radius 1 is 1.11 bits per heavy atom. The average Bonchev–Trinajstić information content (AvgIpc) is 2.39. The topological polar surface area (TPSA) is 35.2 Å². The van der Waals surface area contributed by atoms with Crippen molar-refractivity contribution in [3.63, 3.8) is 0 Å². The predicted molar refractivity (Wildman–Crippen MR) is 79.9 cm³/mol. The number of hydrogen-bond acceptors (Lipinski definition) is 2. The van der Waals surface area contributed by atoms with E-state index < -0.39 is 0 Å². The number of rotatable bonds is 4. The van der Waals surface area contributed by atoms with E-state index in [0.717, 1.165) is 22.4 Å². The summed E-state index contributed by atoms with van der Waals surface area (Å²) in [4.78, 5) is 0. The molecule has 2 nitrogen and oxygen atoms in total. The highest BCUT2D eigenvalue weighted by Gasteiger charge is 2.07. The fourth-order valence-corrected chi connectivity index (χ4v) is 2.33. The molecule has 0 fully saturated rings. The fraction of sp³-hybridized carbons (Fsp3) is 0.200. The van der Waals surface area contributed by atoms with Gasteiger partial charge in [0.2, 0.25) is 0 Å². The van der Waals surface area contributed by atoms with E-state index in [1.165, 1.54) is 0 Å². The molecule has 0 aromatic heterocycles. The third kappa shape index (κ3) is 3.41. The molecule has 0 bridgehead atoms. The zero-order valence-corrected chi connectivity index (χ0v) is 12.1. The molecule has 0 spiro atoms. The van der Waals surface area contributed by atoms with Crippen LogP contribution in [0.3, 0.4) is 0 Å². The van der Waals surface area contributed by atoms with E-state index >= 15 is 0 Å². The van der Waals surface area contributed by atoms with Crippen molar-refractivity contribution in [1.29, 1.82) is 0 Å². The van der Waals surface area contributed by atoms with Crippen molar-refractivity contribution in [2.75, 3.05) is 0 Å². The smallest absolute Gasteiger partial charge is 0.127 e. The zero-order valence-electron chi connectivity index (χ0n) is 10.6. The van der Waals surface area contributed by atoms with Crippen LogP contribution in [-0.2, 0) is 13.2 Å². The first-order valence-electron chi connectivity index (χ1n) is 5.97. The molecule has 4 heteroatoms. The molecular weight excluding hydrogens is 281 g/mol. The van der Waals surface area contributed by atoms with Gasteiger partial charge in [-0.3, -0.25) is 0 Å². The van der Waals surface area contributed by atoms with Gasteiger partial charge >= 0.3 is 0 Å². The summed E-state index contributed by atoms with van der Waals surface area (Å²) in [6.45, 7) is 2.84. The van der Waals surface area contributed by atoms with Gasteiger partial charge in [-0.05, 0) is 24.6 Å². The van der Waals surface area contributed by atoms with Crippen molar-refractivity contribution >= 4 is 23.2 Å². The standard InChI is InChI=1S/C15H15Cl2NO/c1-10-3-2-4-11(8-18)15(10)19-9-12-5-6-13(16)7-14(12)17/h2-7H,8-9,18H2,1H3. The lowest BCUT2D eigenvalue weighted by Gasteiger charge is -2.14. The monoisotopic (exact) mass is 295 g/mol. The summed E-state index contributed by atoms with van der Waals surface area (Å²) in [7, 11) is 0. The summed E-state index contributed by atoms with van der Waals surface area (Å²) >= 11 is 12.0. The molecule has 100 valence electrons. The van der Waals surface area contributed by atoms with E-state index in [1.807, 2.05) is 31.2 Å². The van der Waals surface area contributed by atoms with Crippen LogP contribution < -0.4 is 10.5 Å². The molecule has 0 saturated heterocycles. The molecule has 2 rings (SSSR count). The fourth-order valence-electron chi connectivity index (χ4n) is 1.87. The lowest BCUT2D eigenvalue weighted by atomic mass is 10.1. The second kappa shape index (κ2) is 6.29. The maximum Gasteiger partial charge on any atom is 0.127 e. The van der Waals surface area contributed by atoms with Crippen molar-refractivity contribution in [3.05, 3.63) is 63.1 Å². The molecule has 0 amide bonds. The summed E-state index contributed by atoms with van der Waals surface area (Å²) in [5, 5.41) is 1.22. The van der Waals surface area contributed by atoms with Gasteiger partial charge in [0.05, 0.1) is 0 Å². The van der Waals surface area contributed by atoms with Gasteiger partial charge in [-0.25, -0.2) is 0 Å². The van der Waals surface area contributed by atoms with E-state index in [0.29, 0.717) is 23.2 Å². The maximum atomic E-state index is 6.12. The Kier molecular flexibility index (Phi) is 4.70. The first kappa shape index (κ1) is 14.2. The van der Waals surface area contributed by atoms with Gasteiger partial charge in [0, 0.05) is 27.7 Å². The highest BCUT2D eigenvalue weighted by atomic mass is 35.5. The van der Waals surface area contributed by atoms with Crippen LogP contribution in [0, 0.1) is 6.92 Å². The zero-order chi connectivity index (χ0) is 13.8. The summed E-state index contributed by atoms with van der Waals surface area (Å²) in [6, 6.07) is 11.3. The van der Waals surface area contributed by atoms with E-state index in [1.54, 1.807) is 12.1 Å². The minimum atomic E-state index is 0.397. The molecule has 0 atom stereocenters. The van der Waals surface area contributed by atoms with Crippen LogP contribution in [0.25, 0.3) is 0 Å². The number of halogens is 2. The third-order valence-corrected chi connectivity index (χ3v) is 3.49. The molecule has 0 aliphatic rings. The molecule has 2 N–H and O–H groups in total. The molecule has 0 unspecified atom stereocenters. The van der Waals surface area contributed by atoms with Gasteiger partial charge in [-0.1, -0.05) is 47.5 Å². The molecule has 0 radical (unpaired) electrons. The second-order valence-corrected chi connectivity index (χ2v) is 5.14. The summed E-state index contributed by atoms with van der Waals surface area (Å²) in [5.74, 6) is 0.830. The number of benzene rings is 2. The largest absolute Gasteiger partial charge is 0.488 e. The molecule has 0 saturated carbocycles. The van der Waals surface area contributed by atoms with Crippen LogP contribution in [0.1, 0.15) is 16.7 Å². The second-order valence-electron chi connectivity index (χ2n) is 4.29. The van der Waals surface area contributed by atoms with Crippen LogP contribution in [0.15, 0.2) is 36.4 Å². The van der Waals surface area contributed by atoms with Gasteiger partial charge < -0.3 is 10.5 Å². The van der Waals surface area contributed by atoms with E-state index in [9.17, 15) is 0 Å². The molecule has 2 aromatic carbocycles. The first-order chi connectivity index (χ1) is 9.11. The number of aryl methyl sites for hydroxylation is 1. The minimum Gasteiger partial charge on any atom is -0.488 e. The van der Waals surface area contributed by atoms with E-state index in [2.05, 4.69) is 0 Å². The van der Waals surface area contributed by atoms with Gasteiger partial charge in [-0.15, -0.1) is 0 Å². The van der Waals surface area contributed by atoms with Gasteiger partial charge in [-0.2, -0.15) is 0 Å². The third-order valence-electron chi connectivity index (χ3n) is 2.90. The number of hydrogen-bond donors (Lipinski definition) is 1. The van der Waals surface area contributed by atoms with Gasteiger partial charge in [0.1, 0.15) is 12.4 Å². The average molecular weight is 296 g/mol. The molecule has 19 heavy (non-hydrogen) atoms. The lowest BCUT2D eigenvalue weighted by molar-refractivity contribution is 0.301. The molecule has 0 heterocycles. The lowest BCUT2D eigenvalue weighted by Crippen LogP contribution is -2.04. The Bertz CT molecular complexity index is 584. The predicted octanol–water partition coefficient (Wildman–Crippen LogP) is 4.34. The maximum absolute atomic E-state index is 6.12. The van der Waals surface area contributed by atoms with Crippen molar-refractivity contribution < 1.29 is 4.74 Å². The Labute approximate surface area is 123 Å². The summed E-state index contributed by atoms with van der Waals surface area (Å²) in [5.41, 5.74) is 8.67. The number of ether oxygens (including phenoxy) is 1. The van der Waals surface area contributed by atoms with Crippen molar-refractivity contribution in [2.45, 2.75) is 20.1 Å². The molecule has 0 aliphatic heterocycles. The summed E-state index contributed by atoms with van der Waals surface area (Å²) in [6.07, 6.45) is 0. The van der Waals surface area contributed by atoms with Gasteiger partial charge in [0.15, 0.2) is 0 Å². The Morgan fingerprint density at radius 3 is 2.58 bits per heavy atom. The van der Waals surface area contributed by atoms with Crippen molar-refractivity contribution in [1.82, 2.24) is 0 Å². The molecule has 0 aliphatic carbocycles. The van der Waals surface area contributed by atoms with Crippen LogP contribution >= 0.6 is 23.2 Å².